The summed E-state index contributed by atoms with van der Waals surface area (Å²) in [5.74, 6) is -0.739. The summed E-state index contributed by atoms with van der Waals surface area (Å²) in [5, 5.41) is 0. The van der Waals surface area contributed by atoms with E-state index in [1.807, 2.05) is 0 Å². The number of nitrogens with zero attached hydrogens (tertiary/aromatic N) is 2. The van der Waals surface area contributed by atoms with Gasteiger partial charge < -0.3 is 14.5 Å². The molecule has 0 saturated carbocycles. The second kappa shape index (κ2) is 6.57. The number of hydrogen-bond acceptors (Lipinski definition) is 3. The Balaban J connectivity index is 2.21. The molecule has 0 bridgehead atoms. The third-order valence-electron chi connectivity index (χ3n) is 3.73. The number of methoxy groups -OCH3 is 1. The number of amides is 2. The minimum Gasteiger partial charge on any atom is -0.375 e. The van der Waals surface area contributed by atoms with Gasteiger partial charge in [-0.1, -0.05) is 6.07 Å². The fraction of sp³-hybridized carbons (Fsp3) is 0.467. The quantitative estimate of drug-likeness (QED) is 0.851. The predicted octanol–water partition coefficient (Wildman–Crippen LogP) is 1.92. The molecule has 0 spiro atoms. The minimum atomic E-state index is -4.47. The number of ether oxygens (including phenoxy) is 1. The van der Waals surface area contributed by atoms with Gasteiger partial charge in [-0.05, 0) is 25.1 Å². The number of alkyl halides is 3. The van der Waals surface area contributed by atoms with Crippen molar-refractivity contribution in [2.75, 3.05) is 31.7 Å². The van der Waals surface area contributed by atoms with Gasteiger partial charge in [0.05, 0.1) is 5.56 Å². The van der Waals surface area contributed by atoms with E-state index < -0.39 is 23.7 Å². The Hall–Kier alpha value is -2.09. The van der Waals surface area contributed by atoms with Crippen LogP contribution < -0.4 is 4.90 Å². The Labute approximate surface area is 131 Å². The summed E-state index contributed by atoms with van der Waals surface area (Å²) in [6.45, 7) is 1.79. The molecule has 1 atom stereocenters. The SMILES string of the molecule is COCC(=O)N1CCN(c2cccc(C(F)(F)F)c2)C(=O)C1C. The lowest BCUT2D eigenvalue weighted by atomic mass is 10.1. The Morgan fingerprint density at radius 3 is 2.65 bits per heavy atom. The van der Waals surface area contributed by atoms with Crippen LogP contribution in [-0.2, 0) is 20.5 Å². The van der Waals surface area contributed by atoms with Crippen LogP contribution in [0.3, 0.4) is 0 Å². The van der Waals surface area contributed by atoms with Crippen molar-refractivity contribution in [3.63, 3.8) is 0 Å². The zero-order chi connectivity index (χ0) is 17.2. The van der Waals surface area contributed by atoms with Gasteiger partial charge in [-0.2, -0.15) is 13.2 Å². The Kier molecular flexibility index (Phi) is 4.93. The van der Waals surface area contributed by atoms with Gasteiger partial charge in [0.1, 0.15) is 12.6 Å². The number of piperazine rings is 1. The number of benzene rings is 1. The third-order valence-corrected chi connectivity index (χ3v) is 3.73. The van der Waals surface area contributed by atoms with Crippen molar-refractivity contribution in [3.8, 4) is 0 Å². The van der Waals surface area contributed by atoms with E-state index in [-0.39, 0.29) is 31.3 Å². The summed E-state index contributed by atoms with van der Waals surface area (Å²) < 4.78 is 43.1. The van der Waals surface area contributed by atoms with E-state index in [4.69, 9.17) is 4.74 Å². The summed E-state index contributed by atoms with van der Waals surface area (Å²) >= 11 is 0. The minimum absolute atomic E-state index is 0.138. The lowest BCUT2D eigenvalue weighted by molar-refractivity contribution is -0.143. The first-order valence-corrected chi connectivity index (χ1v) is 7.02. The standard InChI is InChI=1S/C15H17F3N2O3/c1-10-14(22)20(7-6-19(10)13(21)9-23-2)12-5-3-4-11(8-12)15(16,17)18/h3-5,8,10H,6-7,9H2,1-2H3. The molecule has 0 N–H and O–H groups in total. The van der Waals surface area contributed by atoms with Crippen molar-refractivity contribution in [1.29, 1.82) is 0 Å². The Bertz CT molecular complexity index is 604. The summed E-state index contributed by atoms with van der Waals surface area (Å²) in [6.07, 6.45) is -4.47. The van der Waals surface area contributed by atoms with Gasteiger partial charge in [0.15, 0.2) is 0 Å². The number of hydrogen-bond donors (Lipinski definition) is 0. The number of carbonyl (C=O) groups excluding carboxylic acids is 2. The van der Waals surface area contributed by atoms with Crippen LogP contribution in [0.15, 0.2) is 24.3 Å². The molecule has 1 aromatic carbocycles. The van der Waals surface area contributed by atoms with Crippen LogP contribution in [0, 0.1) is 0 Å². The van der Waals surface area contributed by atoms with Gasteiger partial charge in [-0.25, -0.2) is 0 Å². The van der Waals surface area contributed by atoms with E-state index in [1.54, 1.807) is 6.92 Å². The summed E-state index contributed by atoms with van der Waals surface area (Å²) in [7, 11) is 1.38. The molecule has 5 nitrogen and oxygen atoms in total. The molecular formula is C15H17F3N2O3. The van der Waals surface area contributed by atoms with Gasteiger partial charge in [0, 0.05) is 25.9 Å². The smallest absolute Gasteiger partial charge is 0.375 e. The monoisotopic (exact) mass is 330 g/mol. The van der Waals surface area contributed by atoms with E-state index in [1.165, 1.54) is 29.0 Å². The topological polar surface area (TPSA) is 49.9 Å². The van der Waals surface area contributed by atoms with Crippen LogP contribution in [0.4, 0.5) is 18.9 Å². The maximum Gasteiger partial charge on any atom is 0.416 e. The van der Waals surface area contributed by atoms with E-state index in [0.717, 1.165) is 12.1 Å². The molecule has 1 heterocycles. The fourth-order valence-electron chi connectivity index (χ4n) is 2.52. The van der Waals surface area contributed by atoms with Crippen molar-refractivity contribution in [3.05, 3.63) is 29.8 Å². The highest BCUT2D eigenvalue weighted by molar-refractivity contribution is 6.00. The number of halogens is 3. The Morgan fingerprint density at radius 1 is 1.35 bits per heavy atom. The molecule has 0 aliphatic carbocycles. The van der Waals surface area contributed by atoms with Crippen LogP contribution in [0.2, 0.25) is 0 Å². The molecule has 126 valence electrons. The van der Waals surface area contributed by atoms with Crippen molar-refractivity contribution >= 4 is 17.5 Å². The molecule has 0 aromatic heterocycles. The summed E-state index contributed by atoms with van der Waals surface area (Å²) in [5.41, 5.74) is -0.635. The second-order valence-electron chi connectivity index (χ2n) is 5.23. The van der Waals surface area contributed by atoms with Crippen molar-refractivity contribution in [2.24, 2.45) is 0 Å². The highest BCUT2D eigenvalue weighted by Crippen LogP contribution is 2.32. The summed E-state index contributed by atoms with van der Waals surface area (Å²) in [4.78, 5) is 26.9. The van der Waals surface area contributed by atoms with Gasteiger partial charge in [0.2, 0.25) is 11.8 Å². The maximum absolute atomic E-state index is 12.8. The average Bonchev–Trinajstić information content (AvgIpc) is 2.49. The molecule has 2 rings (SSSR count). The number of carbonyl (C=O) groups is 2. The van der Waals surface area contributed by atoms with Crippen molar-refractivity contribution in [1.82, 2.24) is 4.90 Å². The largest absolute Gasteiger partial charge is 0.416 e. The summed E-state index contributed by atoms with van der Waals surface area (Å²) in [6, 6.07) is 3.86. The van der Waals surface area contributed by atoms with E-state index in [9.17, 15) is 22.8 Å². The highest BCUT2D eigenvalue weighted by atomic mass is 19.4. The molecule has 1 fully saturated rings. The normalized spacial score (nSPS) is 19.2. The van der Waals surface area contributed by atoms with E-state index in [0.29, 0.717) is 0 Å². The Morgan fingerprint density at radius 2 is 2.04 bits per heavy atom. The molecule has 1 aliphatic heterocycles. The average molecular weight is 330 g/mol. The molecule has 1 saturated heterocycles. The molecule has 23 heavy (non-hydrogen) atoms. The first-order valence-electron chi connectivity index (χ1n) is 7.02. The van der Waals surface area contributed by atoms with Crippen LogP contribution in [0.1, 0.15) is 12.5 Å². The predicted molar refractivity (Wildman–Crippen MR) is 76.8 cm³/mol. The third kappa shape index (κ3) is 3.64. The molecule has 2 amide bonds. The lowest BCUT2D eigenvalue weighted by Crippen LogP contribution is -2.58. The second-order valence-corrected chi connectivity index (χ2v) is 5.23. The van der Waals surface area contributed by atoms with Gasteiger partial charge in [-0.15, -0.1) is 0 Å². The molecule has 8 heteroatoms. The molecule has 1 aliphatic rings. The zero-order valence-corrected chi connectivity index (χ0v) is 12.8. The van der Waals surface area contributed by atoms with Gasteiger partial charge in [0.25, 0.3) is 0 Å². The lowest BCUT2D eigenvalue weighted by Gasteiger charge is -2.39. The van der Waals surface area contributed by atoms with Gasteiger partial charge >= 0.3 is 6.18 Å². The van der Waals surface area contributed by atoms with Gasteiger partial charge in [-0.3, -0.25) is 9.59 Å². The number of anilines is 1. The van der Waals surface area contributed by atoms with E-state index >= 15 is 0 Å². The van der Waals surface area contributed by atoms with Crippen molar-refractivity contribution in [2.45, 2.75) is 19.1 Å². The zero-order valence-electron chi connectivity index (χ0n) is 12.8. The van der Waals surface area contributed by atoms with Crippen LogP contribution in [0.25, 0.3) is 0 Å². The molecule has 1 aromatic rings. The van der Waals surface area contributed by atoms with Crippen LogP contribution in [-0.4, -0.2) is 49.6 Å². The fourth-order valence-corrected chi connectivity index (χ4v) is 2.52. The van der Waals surface area contributed by atoms with Crippen LogP contribution in [0.5, 0.6) is 0 Å². The first kappa shape index (κ1) is 17.3. The maximum atomic E-state index is 12.8. The van der Waals surface area contributed by atoms with E-state index in [2.05, 4.69) is 0 Å². The molecule has 0 radical (unpaired) electrons. The highest BCUT2D eigenvalue weighted by Gasteiger charge is 2.36. The molecule has 1 unspecified atom stereocenters. The van der Waals surface area contributed by atoms with Crippen molar-refractivity contribution < 1.29 is 27.5 Å². The number of rotatable bonds is 3. The first-order chi connectivity index (χ1) is 10.8. The molecular weight excluding hydrogens is 313 g/mol. The van der Waals surface area contributed by atoms with Crippen LogP contribution >= 0.6 is 0 Å².